The number of rotatable bonds is 5. The number of benzene rings is 1. The summed E-state index contributed by atoms with van der Waals surface area (Å²) in [7, 11) is 0. The van der Waals surface area contributed by atoms with Crippen LogP contribution >= 0.6 is 0 Å². The Bertz CT molecular complexity index is 291. The molecule has 1 heterocycles. The molecule has 0 bridgehead atoms. The minimum absolute atomic E-state index is 0.590. The first-order valence-corrected chi connectivity index (χ1v) is 6.41. The molecule has 0 spiro atoms. The molecule has 16 heavy (non-hydrogen) atoms. The molecule has 1 fully saturated rings. The Kier molecular flexibility index (Phi) is 4.37. The fraction of sp³-hybridized carbons (Fsp3) is 0.571. The maximum absolute atomic E-state index is 5.64. The van der Waals surface area contributed by atoms with Crippen LogP contribution in [0.4, 0.5) is 0 Å². The minimum Gasteiger partial charge on any atom is -0.330 e. The first kappa shape index (κ1) is 11.6. The normalized spacial score (nSPS) is 18.8. The van der Waals surface area contributed by atoms with Crippen molar-refractivity contribution in [1.29, 1.82) is 0 Å². The van der Waals surface area contributed by atoms with Gasteiger partial charge < -0.3 is 5.73 Å². The first-order chi connectivity index (χ1) is 7.92. The summed E-state index contributed by atoms with van der Waals surface area (Å²) in [4.78, 5) is 2.62. The molecular formula is C14H22N2. The van der Waals surface area contributed by atoms with Crippen LogP contribution in [0.25, 0.3) is 0 Å². The molecule has 88 valence electrons. The maximum atomic E-state index is 5.64. The van der Waals surface area contributed by atoms with Gasteiger partial charge in [0, 0.05) is 6.04 Å². The fourth-order valence-corrected chi connectivity index (χ4v) is 2.60. The third kappa shape index (κ3) is 2.83. The van der Waals surface area contributed by atoms with E-state index in [1.165, 1.54) is 37.9 Å². The van der Waals surface area contributed by atoms with Gasteiger partial charge in [0.15, 0.2) is 0 Å². The van der Waals surface area contributed by atoms with Gasteiger partial charge in [-0.1, -0.05) is 30.3 Å². The van der Waals surface area contributed by atoms with Crippen molar-refractivity contribution >= 4 is 0 Å². The van der Waals surface area contributed by atoms with Crippen molar-refractivity contribution in [3.8, 4) is 0 Å². The van der Waals surface area contributed by atoms with Gasteiger partial charge in [-0.15, -0.1) is 0 Å². The third-order valence-electron chi connectivity index (χ3n) is 3.45. The van der Waals surface area contributed by atoms with E-state index in [1.807, 2.05) is 0 Å². The summed E-state index contributed by atoms with van der Waals surface area (Å²) in [6.07, 6.45) is 5.02. The summed E-state index contributed by atoms with van der Waals surface area (Å²) in [6.45, 7) is 3.31. The van der Waals surface area contributed by atoms with Gasteiger partial charge in [-0.05, 0) is 50.9 Å². The van der Waals surface area contributed by atoms with Crippen molar-refractivity contribution in [1.82, 2.24) is 4.90 Å². The van der Waals surface area contributed by atoms with Crippen LogP contribution in [0.1, 0.15) is 37.3 Å². The summed E-state index contributed by atoms with van der Waals surface area (Å²) in [6, 6.07) is 11.5. The van der Waals surface area contributed by atoms with E-state index >= 15 is 0 Å². The van der Waals surface area contributed by atoms with E-state index < -0.39 is 0 Å². The van der Waals surface area contributed by atoms with Gasteiger partial charge in [0.2, 0.25) is 0 Å². The van der Waals surface area contributed by atoms with E-state index in [2.05, 4.69) is 35.2 Å². The molecule has 1 saturated heterocycles. The molecule has 1 aliphatic heterocycles. The number of hydrogen-bond acceptors (Lipinski definition) is 2. The molecule has 0 amide bonds. The van der Waals surface area contributed by atoms with Gasteiger partial charge in [0.1, 0.15) is 0 Å². The van der Waals surface area contributed by atoms with Crippen LogP contribution in [0, 0.1) is 0 Å². The fourth-order valence-electron chi connectivity index (χ4n) is 2.60. The van der Waals surface area contributed by atoms with Crippen LogP contribution in [0.2, 0.25) is 0 Å². The average molecular weight is 218 g/mol. The molecule has 0 aliphatic carbocycles. The van der Waals surface area contributed by atoms with E-state index in [9.17, 15) is 0 Å². The van der Waals surface area contributed by atoms with Gasteiger partial charge >= 0.3 is 0 Å². The van der Waals surface area contributed by atoms with Crippen LogP contribution in [-0.2, 0) is 0 Å². The number of nitrogens with two attached hydrogens (primary N) is 1. The van der Waals surface area contributed by atoms with Crippen molar-refractivity contribution in [2.24, 2.45) is 5.73 Å². The third-order valence-corrected chi connectivity index (χ3v) is 3.45. The Morgan fingerprint density at radius 3 is 2.44 bits per heavy atom. The van der Waals surface area contributed by atoms with Gasteiger partial charge in [0.05, 0.1) is 0 Å². The zero-order valence-electron chi connectivity index (χ0n) is 9.94. The molecule has 1 aliphatic rings. The lowest BCUT2D eigenvalue weighted by atomic mass is 10.0. The lowest BCUT2D eigenvalue weighted by Gasteiger charge is -2.27. The second-order valence-electron chi connectivity index (χ2n) is 4.60. The second-order valence-corrected chi connectivity index (χ2v) is 4.60. The standard InChI is InChI=1S/C14H22N2/c15-10-6-9-14(16-11-4-5-12-16)13-7-2-1-3-8-13/h1-3,7-8,14H,4-6,9-12,15H2. The number of nitrogens with zero attached hydrogens (tertiary/aromatic N) is 1. The molecule has 1 unspecified atom stereocenters. The van der Waals surface area contributed by atoms with Crippen molar-refractivity contribution in [3.63, 3.8) is 0 Å². The Morgan fingerprint density at radius 2 is 1.81 bits per heavy atom. The Labute approximate surface area is 98.4 Å². The highest BCUT2D eigenvalue weighted by molar-refractivity contribution is 5.19. The monoisotopic (exact) mass is 218 g/mol. The van der Waals surface area contributed by atoms with E-state index in [4.69, 9.17) is 5.73 Å². The van der Waals surface area contributed by atoms with Crippen LogP contribution in [0.3, 0.4) is 0 Å². The average Bonchev–Trinajstić information content (AvgIpc) is 2.85. The van der Waals surface area contributed by atoms with Crippen molar-refractivity contribution < 1.29 is 0 Å². The van der Waals surface area contributed by atoms with E-state index in [0.29, 0.717) is 6.04 Å². The highest BCUT2D eigenvalue weighted by Crippen LogP contribution is 2.28. The van der Waals surface area contributed by atoms with Gasteiger partial charge in [-0.25, -0.2) is 0 Å². The van der Waals surface area contributed by atoms with Gasteiger partial charge in [-0.2, -0.15) is 0 Å². The molecule has 2 nitrogen and oxygen atoms in total. The van der Waals surface area contributed by atoms with Crippen molar-refractivity contribution in [3.05, 3.63) is 35.9 Å². The summed E-state index contributed by atoms with van der Waals surface area (Å²) < 4.78 is 0. The molecule has 2 heteroatoms. The summed E-state index contributed by atoms with van der Waals surface area (Å²) in [5.74, 6) is 0. The quantitative estimate of drug-likeness (QED) is 0.823. The first-order valence-electron chi connectivity index (χ1n) is 6.41. The molecule has 2 N–H and O–H groups in total. The lowest BCUT2D eigenvalue weighted by molar-refractivity contribution is 0.231. The predicted molar refractivity (Wildman–Crippen MR) is 68.3 cm³/mol. The van der Waals surface area contributed by atoms with E-state index in [0.717, 1.165) is 13.0 Å². The number of hydrogen-bond donors (Lipinski definition) is 1. The zero-order valence-corrected chi connectivity index (χ0v) is 9.94. The van der Waals surface area contributed by atoms with Crippen LogP contribution < -0.4 is 5.73 Å². The molecule has 0 aromatic heterocycles. The smallest absolute Gasteiger partial charge is 0.0348 e. The van der Waals surface area contributed by atoms with E-state index in [-0.39, 0.29) is 0 Å². The van der Waals surface area contributed by atoms with Crippen LogP contribution in [-0.4, -0.2) is 24.5 Å². The molecule has 2 rings (SSSR count). The highest BCUT2D eigenvalue weighted by Gasteiger charge is 2.22. The SMILES string of the molecule is NCCCC(c1ccccc1)N1CCCC1. The molecule has 1 aromatic rings. The summed E-state index contributed by atoms with van der Waals surface area (Å²) in [5.41, 5.74) is 7.09. The summed E-state index contributed by atoms with van der Waals surface area (Å²) in [5, 5.41) is 0. The van der Waals surface area contributed by atoms with Gasteiger partial charge in [0.25, 0.3) is 0 Å². The number of likely N-dealkylation sites (tertiary alicyclic amines) is 1. The van der Waals surface area contributed by atoms with E-state index in [1.54, 1.807) is 0 Å². The molecular weight excluding hydrogens is 196 g/mol. The Balaban J connectivity index is 2.07. The topological polar surface area (TPSA) is 29.3 Å². The highest BCUT2D eigenvalue weighted by atomic mass is 15.2. The Morgan fingerprint density at radius 1 is 1.12 bits per heavy atom. The Hall–Kier alpha value is -0.860. The van der Waals surface area contributed by atoms with Crippen molar-refractivity contribution in [2.75, 3.05) is 19.6 Å². The minimum atomic E-state index is 0.590. The lowest BCUT2D eigenvalue weighted by Crippen LogP contribution is -2.26. The van der Waals surface area contributed by atoms with Crippen LogP contribution in [0.5, 0.6) is 0 Å². The molecule has 0 radical (unpaired) electrons. The predicted octanol–water partition coefficient (Wildman–Crippen LogP) is 2.56. The van der Waals surface area contributed by atoms with Crippen LogP contribution in [0.15, 0.2) is 30.3 Å². The maximum Gasteiger partial charge on any atom is 0.0348 e. The molecule has 0 saturated carbocycles. The van der Waals surface area contributed by atoms with Crippen molar-refractivity contribution in [2.45, 2.75) is 31.7 Å². The second kappa shape index (κ2) is 6.02. The molecule has 1 aromatic carbocycles. The van der Waals surface area contributed by atoms with Gasteiger partial charge in [-0.3, -0.25) is 4.90 Å². The molecule has 1 atom stereocenters. The largest absolute Gasteiger partial charge is 0.330 e. The summed E-state index contributed by atoms with van der Waals surface area (Å²) >= 11 is 0. The zero-order chi connectivity index (χ0) is 11.2.